The Balaban J connectivity index is 0.00000341. The molecular weight excluding hydrogens is 454 g/mol. The average Bonchev–Trinajstić information content (AvgIpc) is 3.18. The molecule has 0 spiro atoms. The van der Waals surface area contributed by atoms with Gasteiger partial charge in [0.05, 0.1) is 14.2 Å². The minimum atomic E-state index is -0.0626. The molecule has 0 aliphatic carbocycles. The van der Waals surface area contributed by atoms with Crippen molar-refractivity contribution in [3.05, 3.63) is 42.0 Å². The van der Waals surface area contributed by atoms with E-state index in [-0.39, 0.29) is 18.3 Å². The second kappa shape index (κ2) is 11.6. The van der Waals surface area contributed by atoms with Gasteiger partial charge in [0.1, 0.15) is 21.7 Å². The van der Waals surface area contributed by atoms with Gasteiger partial charge in [0, 0.05) is 23.5 Å². The Labute approximate surface area is 197 Å². The van der Waals surface area contributed by atoms with E-state index in [0.29, 0.717) is 28.5 Å². The molecule has 9 heteroatoms. The summed E-state index contributed by atoms with van der Waals surface area (Å²) in [7, 11) is 7.23. The molecule has 0 aliphatic rings. The molecule has 3 aromatic rings. The van der Waals surface area contributed by atoms with Crippen LogP contribution in [0.2, 0.25) is 0 Å². The fraction of sp³-hybridized carbons (Fsp3) is 0.364. The van der Waals surface area contributed by atoms with Gasteiger partial charge in [-0.15, -0.1) is 24.2 Å². The zero-order valence-electron chi connectivity index (χ0n) is 18.4. The van der Waals surface area contributed by atoms with Crippen molar-refractivity contribution in [2.45, 2.75) is 11.8 Å². The number of carbonyl (C=O) groups is 1. The summed E-state index contributed by atoms with van der Waals surface area (Å²) in [4.78, 5) is 23.2. The van der Waals surface area contributed by atoms with Gasteiger partial charge in [0.15, 0.2) is 5.13 Å². The highest BCUT2D eigenvalue weighted by molar-refractivity contribution is 7.99. The maximum atomic E-state index is 13.5. The van der Waals surface area contributed by atoms with Gasteiger partial charge in [-0.05, 0) is 50.2 Å². The van der Waals surface area contributed by atoms with Crippen LogP contribution in [0.1, 0.15) is 17.3 Å². The van der Waals surface area contributed by atoms with Crippen LogP contribution < -0.4 is 14.4 Å². The Hall–Kier alpha value is -2.00. The molecule has 0 bridgehead atoms. The van der Waals surface area contributed by atoms with E-state index in [9.17, 15) is 4.79 Å². The molecule has 0 unspecified atom stereocenters. The Morgan fingerprint density at radius 2 is 1.81 bits per heavy atom. The summed E-state index contributed by atoms with van der Waals surface area (Å²) in [6.07, 6.45) is 0. The molecule has 6 nitrogen and oxygen atoms in total. The molecule has 2 aromatic carbocycles. The van der Waals surface area contributed by atoms with Crippen LogP contribution in [0.15, 0.2) is 41.3 Å². The fourth-order valence-corrected chi connectivity index (χ4v) is 4.83. The lowest BCUT2D eigenvalue weighted by Crippen LogP contribution is -2.36. The minimum absolute atomic E-state index is 0. The third-order valence-corrected chi connectivity index (χ3v) is 6.51. The third-order valence-electron chi connectivity index (χ3n) is 4.54. The number of hydrogen-bond acceptors (Lipinski definition) is 7. The van der Waals surface area contributed by atoms with Crippen LogP contribution in [0.4, 0.5) is 5.13 Å². The summed E-state index contributed by atoms with van der Waals surface area (Å²) < 4.78 is 11.9. The van der Waals surface area contributed by atoms with E-state index >= 15 is 0 Å². The molecule has 168 valence electrons. The number of carbonyl (C=O) groups excluding carboxylic acids is 1. The van der Waals surface area contributed by atoms with Gasteiger partial charge in [-0.3, -0.25) is 9.69 Å². The highest BCUT2D eigenvalue weighted by atomic mass is 35.5. The second-order valence-electron chi connectivity index (χ2n) is 6.87. The Morgan fingerprint density at radius 1 is 1.10 bits per heavy atom. The van der Waals surface area contributed by atoms with Crippen molar-refractivity contribution in [1.29, 1.82) is 0 Å². The van der Waals surface area contributed by atoms with Gasteiger partial charge in [-0.2, -0.15) is 0 Å². The van der Waals surface area contributed by atoms with Crippen LogP contribution in [-0.4, -0.2) is 62.9 Å². The van der Waals surface area contributed by atoms with Crippen LogP contribution in [0.25, 0.3) is 10.2 Å². The summed E-state index contributed by atoms with van der Waals surface area (Å²) in [6, 6.07) is 11.5. The molecule has 1 amide bonds. The molecule has 0 fully saturated rings. The first-order valence-corrected chi connectivity index (χ1v) is 11.5. The molecule has 1 aromatic heterocycles. The van der Waals surface area contributed by atoms with Crippen molar-refractivity contribution in [1.82, 2.24) is 9.88 Å². The summed E-state index contributed by atoms with van der Waals surface area (Å²) in [6.45, 7) is 3.35. The number of fused-ring (bicyclic) bond motifs is 1. The number of benzene rings is 2. The summed E-state index contributed by atoms with van der Waals surface area (Å²) >= 11 is 3.16. The fourth-order valence-electron chi connectivity index (χ4n) is 3.02. The molecular formula is C22H28ClN3O3S2. The number of aromatic nitrogens is 1. The van der Waals surface area contributed by atoms with Gasteiger partial charge in [0.25, 0.3) is 5.91 Å². The molecule has 0 N–H and O–H groups in total. The van der Waals surface area contributed by atoms with E-state index in [1.807, 2.05) is 50.5 Å². The number of anilines is 1. The van der Waals surface area contributed by atoms with E-state index in [1.54, 1.807) is 30.9 Å². The first-order chi connectivity index (χ1) is 14.5. The molecule has 0 saturated heterocycles. The van der Waals surface area contributed by atoms with Crippen molar-refractivity contribution >= 4 is 56.8 Å². The zero-order valence-corrected chi connectivity index (χ0v) is 20.8. The predicted octanol–water partition coefficient (Wildman–Crippen LogP) is 5.06. The van der Waals surface area contributed by atoms with Crippen LogP contribution >= 0.6 is 35.5 Å². The highest BCUT2D eigenvalue weighted by Gasteiger charge is 2.24. The average molecular weight is 482 g/mol. The standard InChI is InChI=1S/C22H27N3O3S2.ClH/c1-6-29-16-9-7-8-15(14-16)21(26)25(13-12-24(2)3)22-23-19-17(27-4)10-11-18(28-5)20(19)30-22;/h7-11,14H,6,12-13H2,1-5H3;1H. The number of likely N-dealkylation sites (N-methyl/N-ethyl adjacent to an activating group) is 1. The quantitative estimate of drug-likeness (QED) is 0.398. The SMILES string of the molecule is CCSc1cccc(C(=O)N(CCN(C)C)c2nc3c(OC)ccc(OC)c3s2)c1.Cl. The molecule has 0 radical (unpaired) electrons. The monoisotopic (exact) mass is 481 g/mol. The Bertz CT molecular complexity index is 985. The molecule has 0 aliphatic heterocycles. The lowest BCUT2D eigenvalue weighted by molar-refractivity contribution is 0.0985. The normalized spacial score (nSPS) is 10.8. The van der Waals surface area contributed by atoms with E-state index in [1.165, 1.54) is 11.3 Å². The van der Waals surface area contributed by atoms with Gasteiger partial charge in [-0.25, -0.2) is 4.98 Å². The number of halogens is 1. The second-order valence-corrected chi connectivity index (χ2v) is 9.18. The Kier molecular flexibility index (Phi) is 9.43. The minimum Gasteiger partial charge on any atom is -0.495 e. The molecule has 31 heavy (non-hydrogen) atoms. The van der Waals surface area contributed by atoms with Gasteiger partial charge in [0.2, 0.25) is 0 Å². The topological polar surface area (TPSA) is 54.9 Å². The third kappa shape index (κ3) is 5.83. The number of thiazole rings is 1. The van der Waals surface area contributed by atoms with E-state index in [4.69, 9.17) is 14.5 Å². The van der Waals surface area contributed by atoms with Crippen molar-refractivity contribution in [3.63, 3.8) is 0 Å². The summed E-state index contributed by atoms with van der Waals surface area (Å²) in [5, 5.41) is 0.633. The van der Waals surface area contributed by atoms with Gasteiger partial charge >= 0.3 is 0 Å². The molecule has 0 saturated carbocycles. The molecule has 1 heterocycles. The largest absolute Gasteiger partial charge is 0.495 e. The van der Waals surface area contributed by atoms with Crippen LogP contribution in [0.5, 0.6) is 11.5 Å². The number of amides is 1. The maximum absolute atomic E-state index is 13.5. The van der Waals surface area contributed by atoms with E-state index in [2.05, 4.69) is 11.8 Å². The van der Waals surface area contributed by atoms with E-state index < -0.39 is 0 Å². The predicted molar refractivity (Wildman–Crippen MR) is 133 cm³/mol. The lowest BCUT2D eigenvalue weighted by Gasteiger charge is -2.22. The van der Waals surface area contributed by atoms with Crippen LogP contribution in [-0.2, 0) is 0 Å². The number of rotatable bonds is 9. The van der Waals surface area contributed by atoms with Crippen molar-refractivity contribution in [2.75, 3.05) is 52.1 Å². The van der Waals surface area contributed by atoms with Crippen LogP contribution in [0.3, 0.4) is 0 Å². The van der Waals surface area contributed by atoms with Crippen molar-refractivity contribution < 1.29 is 14.3 Å². The summed E-state index contributed by atoms with van der Waals surface area (Å²) in [5.74, 6) is 2.28. The maximum Gasteiger partial charge on any atom is 0.260 e. The lowest BCUT2D eigenvalue weighted by atomic mass is 10.2. The number of ether oxygens (including phenoxy) is 2. The number of methoxy groups -OCH3 is 2. The highest BCUT2D eigenvalue weighted by Crippen LogP contribution is 2.40. The smallest absolute Gasteiger partial charge is 0.260 e. The first-order valence-electron chi connectivity index (χ1n) is 9.69. The first kappa shape index (κ1) is 25.3. The van der Waals surface area contributed by atoms with Gasteiger partial charge in [-0.1, -0.05) is 24.3 Å². The van der Waals surface area contributed by atoms with Gasteiger partial charge < -0.3 is 14.4 Å². The molecule has 0 atom stereocenters. The van der Waals surface area contributed by atoms with Crippen LogP contribution in [0, 0.1) is 0 Å². The number of hydrogen-bond donors (Lipinski definition) is 0. The van der Waals surface area contributed by atoms with Crippen molar-refractivity contribution in [2.24, 2.45) is 0 Å². The van der Waals surface area contributed by atoms with E-state index in [0.717, 1.165) is 27.6 Å². The zero-order chi connectivity index (χ0) is 21.7. The van der Waals surface area contributed by atoms with Crippen molar-refractivity contribution in [3.8, 4) is 11.5 Å². The number of nitrogens with zero attached hydrogens (tertiary/aromatic N) is 3. The summed E-state index contributed by atoms with van der Waals surface area (Å²) in [5.41, 5.74) is 1.36. The molecule has 3 rings (SSSR count). The number of thioether (sulfide) groups is 1. The Morgan fingerprint density at radius 3 is 2.45 bits per heavy atom.